The molecule has 0 heterocycles. The maximum Gasteiger partial charge on any atom is 1.00 e. The normalized spacial score (nSPS) is 11.9. The summed E-state index contributed by atoms with van der Waals surface area (Å²) in [6, 6.07) is 0. The minimum Gasteiger partial charge on any atom is -0.550 e. The van der Waals surface area contributed by atoms with Crippen LogP contribution in [0, 0.1) is 5.92 Å². The van der Waals surface area contributed by atoms with Crippen LogP contribution in [0.2, 0.25) is 0 Å². The average molecular weight is 208 g/mol. The predicted molar refractivity (Wildman–Crippen MR) is 52.2 cm³/mol. The number of carboxylic acid groups (broad SMARTS) is 1. The topological polar surface area (TPSA) is 40.1 Å². The van der Waals surface area contributed by atoms with Crippen molar-refractivity contribution in [3.05, 3.63) is 0 Å². The van der Waals surface area contributed by atoms with E-state index in [1.54, 1.807) is 0 Å². The Morgan fingerprint density at radius 2 is 1.71 bits per heavy atom. The van der Waals surface area contributed by atoms with Gasteiger partial charge in [-0.2, -0.15) is 0 Å². The van der Waals surface area contributed by atoms with Gasteiger partial charge in [-0.1, -0.05) is 46.0 Å². The van der Waals surface area contributed by atoms with Gasteiger partial charge in [0.25, 0.3) is 0 Å². The second-order valence-electron chi connectivity index (χ2n) is 3.63. The Kier molecular flexibility index (Phi) is 13.9. The molecule has 3 heteroatoms. The number of unbranched alkanes of at least 4 members (excludes halogenated alkanes) is 4. The summed E-state index contributed by atoms with van der Waals surface area (Å²) in [7, 11) is 0. The molecule has 1 atom stereocenters. The van der Waals surface area contributed by atoms with Gasteiger partial charge in [-0.25, -0.2) is 0 Å². The number of hydrogen-bond acceptors (Lipinski definition) is 2. The van der Waals surface area contributed by atoms with Crippen LogP contribution < -0.4 is 34.7 Å². The number of carbonyl (C=O) groups is 1. The zero-order valence-electron chi connectivity index (χ0n) is 9.84. The molecule has 0 aliphatic heterocycles. The van der Waals surface area contributed by atoms with Crippen LogP contribution in [0.4, 0.5) is 0 Å². The molecule has 0 saturated heterocycles. The van der Waals surface area contributed by atoms with Gasteiger partial charge in [0.15, 0.2) is 0 Å². The summed E-state index contributed by atoms with van der Waals surface area (Å²) < 4.78 is 0. The first kappa shape index (κ1) is 16.9. The van der Waals surface area contributed by atoms with E-state index in [-0.39, 0.29) is 35.5 Å². The Balaban J connectivity index is 0. The molecule has 0 amide bonds. The summed E-state index contributed by atoms with van der Waals surface area (Å²) in [6.45, 7) is 4.09. The number of hydrogen-bond donors (Lipinski definition) is 0. The second-order valence-corrected chi connectivity index (χ2v) is 3.63. The van der Waals surface area contributed by atoms with Gasteiger partial charge in [0, 0.05) is 5.97 Å². The van der Waals surface area contributed by atoms with Crippen molar-refractivity contribution in [1.82, 2.24) is 0 Å². The maximum absolute atomic E-state index is 10.5. The van der Waals surface area contributed by atoms with E-state index < -0.39 is 5.97 Å². The molecule has 0 rings (SSSR count). The quantitative estimate of drug-likeness (QED) is 0.384. The SMILES string of the molecule is CCCCCCCC(CC)C(=O)[O-].[Na+]. The number of aliphatic carboxylic acids is 1. The van der Waals surface area contributed by atoms with Gasteiger partial charge in [0.05, 0.1) is 0 Å². The summed E-state index contributed by atoms with van der Waals surface area (Å²) >= 11 is 0. The molecule has 14 heavy (non-hydrogen) atoms. The number of carboxylic acids is 1. The molecule has 0 aromatic carbocycles. The molecule has 0 aliphatic rings. The molecule has 0 aromatic heterocycles. The van der Waals surface area contributed by atoms with Crippen molar-refractivity contribution < 1.29 is 39.5 Å². The van der Waals surface area contributed by atoms with Crippen LogP contribution in [0.3, 0.4) is 0 Å². The van der Waals surface area contributed by atoms with Gasteiger partial charge in [0.2, 0.25) is 0 Å². The van der Waals surface area contributed by atoms with E-state index in [0.29, 0.717) is 6.42 Å². The van der Waals surface area contributed by atoms with Gasteiger partial charge < -0.3 is 9.90 Å². The zero-order chi connectivity index (χ0) is 10.1. The van der Waals surface area contributed by atoms with E-state index in [1.165, 1.54) is 19.3 Å². The average Bonchev–Trinajstić information content (AvgIpc) is 2.10. The molecule has 0 bridgehead atoms. The van der Waals surface area contributed by atoms with Crippen LogP contribution in [0.15, 0.2) is 0 Å². The number of rotatable bonds is 8. The van der Waals surface area contributed by atoms with E-state index in [1.807, 2.05) is 6.92 Å². The van der Waals surface area contributed by atoms with Crippen molar-refractivity contribution in [2.45, 2.75) is 58.8 Å². The van der Waals surface area contributed by atoms with E-state index in [2.05, 4.69) is 6.92 Å². The molecule has 0 fully saturated rings. The molecule has 0 radical (unpaired) electrons. The first-order chi connectivity index (χ1) is 6.22. The minimum atomic E-state index is -0.877. The third-order valence-corrected chi connectivity index (χ3v) is 2.48. The Morgan fingerprint density at radius 3 is 2.14 bits per heavy atom. The van der Waals surface area contributed by atoms with Crippen molar-refractivity contribution in [3.63, 3.8) is 0 Å². The van der Waals surface area contributed by atoms with Gasteiger partial charge >= 0.3 is 29.6 Å². The van der Waals surface area contributed by atoms with Gasteiger partial charge in [-0.3, -0.25) is 0 Å². The Labute approximate surface area is 110 Å². The van der Waals surface area contributed by atoms with Crippen LogP contribution in [-0.4, -0.2) is 5.97 Å². The first-order valence-corrected chi connectivity index (χ1v) is 5.43. The minimum absolute atomic E-state index is 0. The maximum atomic E-state index is 10.5. The summed E-state index contributed by atoms with van der Waals surface area (Å²) in [5.74, 6) is -1.10. The van der Waals surface area contributed by atoms with Crippen molar-refractivity contribution in [3.8, 4) is 0 Å². The zero-order valence-corrected chi connectivity index (χ0v) is 11.8. The Morgan fingerprint density at radius 1 is 1.14 bits per heavy atom. The summed E-state index contributed by atoms with van der Waals surface area (Å²) in [4.78, 5) is 10.5. The summed E-state index contributed by atoms with van der Waals surface area (Å²) in [5, 5.41) is 10.5. The van der Waals surface area contributed by atoms with Crippen LogP contribution in [0.25, 0.3) is 0 Å². The smallest absolute Gasteiger partial charge is 0.550 e. The summed E-state index contributed by atoms with van der Waals surface area (Å²) in [5.41, 5.74) is 0. The number of carbonyl (C=O) groups excluding carboxylic acids is 1. The predicted octanol–water partition coefficient (Wildman–Crippen LogP) is -0.873. The van der Waals surface area contributed by atoms with Crippen molar-refractivity contribution >= 4 is 5.97 Å². The molecular formula is C11H21NaO2. The molecule has 1 unspecified atom stereocenters. The molecule has 0 spiro atoms. The van der Waals surface area contributed by atoms with Crippen LogP contribution in [-0.2, 0) is 4.79 Å². The third-order valence-electron chi connectivity index (χ3n) is 2.48. The molecule has 0 aromatic rings. The van der Waals surface area contributed by atoms with Crippen molar-refractivity contribution in [2.24, 2.45) is 5.92 Å². The molecule has 0 saturated carbocycles. The van der Waals surface area contributed by atoms with E-state index in [4.69, 9.17) is 0 Å². The molecule has 2 nitrogen and oxygen atoms in total. The van der Waals surface area contributed by atoms with Gasteiger partial charge in [0.1, 0.15) is 0 Å². The van der Waals surface area contributed by atoms with Gasteiger partial charge in [-0.15, -0.1) is 0 Å². The largest absolute Gasteiger partial charge is 1.00 e. The second kappa shape index (κ2) is 11.5. The van der Waals surface area contributed by atoms with E-state index in [9.17, 15) is 9.90 Å². The molecule has 0 N–H and O–H groups in total. The van der Waals surface area contributed by atoms with E-state index in [0.717, 1.165) is 19.3 Å². The first-order valence-electron chi connectivity index (χ1n) is 5.43. The Bertz CT molecular complexity index is 137. The van der Waals surface area contributed by atoms with Crippen molar-refractivity contribution in [2.75, 3.05) is 0 Å². The Hall–Kier alpha value is 0.470. The van der Waals surface area contributed by atoms with Crippen LogP contribution in [0.1, 0.15) is 58.8 Å². The fourth-order valence-corrected chi connectivity index (χ4v) is 1.48. The van der Waals surface area contributed by atoms with Crippen LogP contribution in [0.5, 0.6) is 0 Å². The molecule has 0 aliphatic carbocycles. The third kappa shape index (κ3) is 9.04. The van der Waals surface area contributed by atoms with E-state index >= 15 is 0 Å². The fraction of sp³-hybridized carbons (Fsp3) is 0.909. The standard InChI is InChI=1S/C11H22O2.Na/c1-3-5-6-7-8-9-10(4-2)11(12)13;/h10H,3-9H2,1-2H3,(H,12,13);/q;+1/p-1. The molecule has 78 valence electrons. The van der Waals surface area contributed by atoms with Crippen molar-refractivity contribution in [1.29, 1.82) is 0 Å². The molecular weight excluding hydrogens is 187 g/mol. The fourth-order valence-electron chi connectivity index (χ4n) is 1.48. The monoisotopic (exact) mass is 208 g/mol. The van der Waals surface area contributed by atoms with Gasteiger partial charge in [-0.05, 0) is 18.8 Å². The van der Waals surface area contributed by atoms with Crippen LogP contribution >= 0.6 is 0 Å². The summed E-state index contributed by atoms with van der Waals surface area (Å²) in [6.07, 6.45) is 7.43.